The van der Waals surface area contributed by atoms with Gasteiger partial charge in [0, 0.05) is 31.4 Å². The molecule has 9 heteroatoms. The third kappa shape index (κ3) is 4.18. The largest absolute Gasteiger partial charge is 0.467 e. The van der Waals surface area contributed by atoms with Crippen LogP contribution in [0, 0.1) is 0 Å². The molecule has 0 saturated heterocycles. The first kappa shape index (κ1) is 19.8. The van der Waals surface area contributed by atoms with E-state index < -0.39 is 0 Å². The topological polar surface area (TPSA) is 101 Å². The van der Waals surface area contributed by atoms with Crippen molar-refractivity contribution in [2.45, 2.75) is 19.5 Å². The van der Waals surface area contributed by atoms with E-state index in [0.717, 1.165) is 34.5 Å². The van der Waals surface area contributed by atoms with Crippen LogP contribution in [0.2, 0.25) is 0 Å². The van der Waals surface area contributed by atoms with E-state index in [4.69, 9.17) is 4.42 Å². The molecule has 1 aromatic carbocycles. The van der Waals surface area contributed by atoms with Crippen molar-refractivity contribution in [1.29, 1.82) is 0 Å². The highest BCUT2D eigenvalue weighted by atomic mass is 16.3. The first-order valence-electron chi connectivity index (χ1n) is 10.5. The van der Waals surface area contributed by atoms with E-state index in [1.54, 1.807) is 17.5 Å². The average molecular weight is 429 g/mol. The highest BCUT2D eigenvalue weighted by Crippen LogP contribution is 2.26. The van der Waals surface area contributed by atoms with Crippen LogP contribution in [0.3, 0.4) is 0 Å². The molecule has 1 aliphatic heterocycles. The summed E-state index contributed by atoms with van der Waals surface area (Å²) in [7, 11) is 0. The van der Waals surface area contributed by atoms with E-state index >= 15 is 0 Å². The Morgan fingerprint density at radius 1 is 1.12 bits per heavy atom. The molecule has 5 rings (SSSR count). The number of hydrogen-bond donors (Lipinski definition) is 2. The predicted octanol–water partition coefficient (Wildman–Crippen LogP) is 3.33. The predicted molar refractivity (Wildman–Crippen MR) is 120 cm³/mol. The van der Waals surface area contributed by atoms with Crippen molar-refractivity contribution < 1.29 is 9.21 Å². The zero-order valence-electron chi connectivity index (χ0n) is 17.4. The quantitative estimate of drug-likeness (QED) is 0.488. The monoisotopic (exact) mass is 429 g/mol. The number of nitrogens with one attached hydrogen (secondary N) is 2. The van der Waals surface area contributed by atoms with Gasteiger partial charge in [0.2, 0.25) is 5.95 Å². The second kappa shape index (κ2) is 8.93. The maximum atomic E-state index is 12.5. The van der Waals surface area contributed by atoms with Crippen molar-refractivity contribution in [3.63, 3.8) is 0 Å². The molecule has 0 saturated carbocycles. The molecule has 1 aliphatic rings. The van der Waals surface area contributed by atoms with E-state index in [1.807, 2.05) is 53.1 Å². The number of urea groups is 1. The number of furan rings is 1. The molecule has 0 fully saturated rings. The van der Waals surface area contributed by atoms with Gasteiger partial charge in [0.15, 0.2) is 5.65 Å². The summed E-state index contributed by atoms with van der Waals surface area (Å²) in [6.45, 7) is 2.20. The molecule has 0 bridgehead atoms. The molecule has 0 atom stereocenters. The average Bonchev–Trinajstić information content (AvgIpc) is 3.54. The minimum absolute atomic E-state index is 0.0626. The summed E-state index contributed by atoms with van der Waals surface area (Å²) in [5.74, 6) is 1.46. The van der Waals surface area contributed by atoms with E-state index in [0.29, 0.717) is 32.1 Å². The molecule has 0 spiro atoms. The minimum Gasteiger partial charge on any atom is -0.467 e. The minimum atomic E-state index is -0.0626. The highest BCUT2D eigenvalue weighted by molar-refractivity contribution is 5.80. The standard InChI is InChI=1S/C23H23N7O2/c31-23(26-13-17-5-2-1-3-6-17)29-10-8-18(9-11-29)20-15-25-22(30-16-27-28-21(20)30)24-14-19-7-4-12-32-19/h1-8,12,15-16H,9-11,13-14H2,(H,24,25)(H,26,31). The van der Waals surface area contributed by atoms with E-state index in [-0.39, 0.29) is 6.03 Å². The maximum absolute atomic E-state index is 12.5. The van der Waals surface area contributed by atoms with Gasteiger partial charge in [-0.1, -0.05) is 36.4 Å². The Labute approximate surface area is 184 Å². The fraction of sp³-hybridized carbons (Fsp3) is 0.217. The number of carbonyl (C=O) groups excluding carboxylic acids is 1. The van der Waals surface area contributed by atoms with Gasteiger partial charge in [0.1, 0.15) is 12.1 Å². The molecule has 0 aliphatic carbocycles. The molecule has 9 nitrogen and oxygen atoms in total. The Kier molecular flexibility index (Phi) is 5.52. The second-order valence-corrected chi connectivity index (χ2v) is 7.52. The number of nitrogens with zero attached hydrogens (tertiary/aromatic N) is 5. The molecule has 4 heterocycles. The van der Waals surface area contributed by atoms with Crippen molar-refractivity contribution in [2.75, 3.05) is 18.4 Å². The summed E-state index contributed by atoms with van der Waals surface area (Å²) >= 11 is 0. The molecule has 4 aromatic rings. The molecule has 3 aromatic heterocycles. The van der Waals surface area contributed by atoms with Crippen molar-refractivity contribution in [3.8, 4) is 0 Å². The smallest absolute Gasteiger partial charge is 0.317 e. The van der Waals surface area contributed by atoms with Gasteiger partial charge in [0.05, 0.1) is 12.8 Å². The van der Waals surface area contributed by atoms with Crippen LogP contribution in [0.15, 0.2) is 71.7 Å². The second-order valence-electron chi connectivity index (χ2n) is 7.52. The number of amides is 2. The summed E-state index contributed by atoms with van der Waals surface area (Å²) in [5, 5.41) is 14.6. The number of rotatable bonds is 6. The van der Waals surface area contributed by atoms with Crippen LogP contribution in [-0.4, -0.2) is 43.6 Å². The molecule has 2 N–H and O–H groups in total. The number of carbonyl (C=O) groups is 1. The molecule has 162 valence electrons. The van der Waals surface area contributed by atoms with Crippen LogP contribution in [-0.2, 0) is 13.1 Å². The zero-order valence-corrected chi connectivity index (χ0v) is 17.4. The Hall–Kier alpha value is -4.14. The SMILES string of the molecule is O=C(NCc1ccccc1)N1CC=C(c2cnc(NCc3ccco3)n3cnnc23)CC1. The van der Waals surface area contributed by atoms with Crippen molar-refractivity contribution >= 4 is 23.2 Å². The van der Waals surface area contributed by atoms with Crippen molar-refractivity contribution in [2.24, 2.45) is 0 Å². The summed E-state index contributed by atoms with van der Waals surface area (Å²) in [6.07, 6.45) is 7.88. The van der Waals surface area contributed by atoms with Gasteiger partial charge in [-0.25, -0.2) is 9.78 Å². The summed E-state index contributed by atoms with van der Waals surface area (Å²) < 4.78 is 7.19. The Morgan fingerprint density at radius 3 is 2.81 bits per heavy atom. The first-order valence-corrected chi connectivity index (χ1v) is 10.5. The van der Waals surface area contributed by atoms with Crippen molar-refractivity contribution in [3.05, 3.63) is 84.2 Å². The Balaban J connectivity index is 1.26. The lowest BCUT2D eigenvalue weighted by Gasteiger charge is -2.27. The van der Waals surface area contributed by atoms with Crippen molar-refractivity contribution in [1.82, 2.24) is 29.8 Å². The summed E-state index contributed by atoms with van der Waals surface area (Å²) in [6, 6.07) is 13.6. The normalized spacial score (nSPS) is 13.8. The fourth-order valence-electron chi connectivity index (χ4n) is 3.74. The molecule has 0 unspecified atom stereocenters. The lowest BCUT2D eigenvalue weighted by molar-refractivity contribution is 0.202. The van der Waals surface area contributed by atoms with Crippen LogP contribution in [0.1, 0.15) is 23.3 Å². The number of anilines is 1. The molecule has 2 amide bonds. The third-order valence-corrected chi connectivity index (χ3v) is 5.46. The zero-order chi connectivity index (χ0) is 21.8. The molecular formula is C23H23N7O2. The van der Waals surface area contributed by atoms with E-state index in [1.165, 1.54) is 0 Å². The van der Waals surface area contributed by atoms with Crippen LogP contribution >= 0.6 is 0 Å². The number of hydrogen-bond acceptors (Lipinski definition) is 6. The van der Waals surface area contributed by atoms with E-state index in [2.05, 4.69) is 31.9 Å². The Morgan fingerprint density at radius 2 is 2.03 bits per heavy atom. The lowest BCUT2D eigenvalue weighted by Crippen LogP contribution is -2.41. The molecular weight excluding hydrogens is 406 g/mol. The summed E-state index contributed by atoms with van der Waals surface area (Å²) in [4.78, 5) is 18.9. The van der Waals surface area contributed by atoms with Crippen LogP contribution in [0.25, 0.3) is 11.2 Å². The van der Waals surface area contributed by atoms with Gasteiger partial charge in [-0.2, -0.15) is 0 Å². The number of benzene rings is 1. The van der Waals surface area contributed by atoms with Gasteiger partial charge in [0.25, 0.3) is 0 Å². The lowest BCUT2D eigenvalue weighted by atomic mass is 10.0. The third-order valence-electron chi connectivity index (χ3n) is 5.46. The van der Waals surface area contributed by atoms with Crippen LogP contribution in [0.5, 0.6) is 0 Å². The maximum Gasteiger partial charge on any atom is 0.317 e. The number of aromatic nitrogens is 4. The molecule has 0 radical (unpaired) electrons. The number of fused-ring (bicyclic) bond motifs is 1. The Bertz CT molecular complexity index is 1230. The van der Waals surface area contributed by atoms with Gasteiger partial charge in [-0.3, -0.25) is 4.40 Å². The highest BCUT2D eigenvalue weighted by Gasteiger charge is 2.20. The van der Waals surface area contributed by atoms with Gasteiger partial charge in [-0.05, 0) is 29.7 Å². The fourth-order valence-corrected chi connectivity index (χ4v) is 3.74. The van der Waals surface area contributed by atoms with E-state index in [9.17, 15) is 4.79 Å². The van der Waals surface area contributed by atoms with Gasteiger partial charge >= 0.3 is 6.03 Å². The van der Waals surface area contributed by atoms with Gasteiger partial charge < -0.3 is 20.0 Å². The molecule has 32 heavy (non-hydrogen) atoms. The van der Waals surface area contributed by atoms with Crippen LogP contribution < -0.4 is 10.6 Å². The van der Waals surface area contributed by atoms with Crippen LogP contribution in [0.4, 0.5) is 10.7 Å². The van der Waals surface area contributed by atoms with Gasteiger partial charge in [-0.15, -0.1) is 10.2 Å². The first-order chi connectivity index (χ1) is 15.8. The summed E-state index contributed by atoms with van der Waals surface area (Å²) in [5.41, 5.74) is 3.85.